The Kier molecular flexibility index (Phi) is 2.84. The lowest BCUT2D eigenvalue weighted by Gasteiger charge is -2.05. The summed E-state index contributed by atoms with van der Waals surface area (Å²) in [4.78, 5) is 0. The van der Waals surface area contributed by atoms with E-state index in [1.54, 1.807) is 0 Å². The van der Waals surface area contributed by atoms with E-state index in [-0.39, 0.29) is 3.74 Å². The van der Waals surface area contributed by atoms with Crippen molar-refractivity contribution in [2.45, 2.75) is 3.74 Å². The number of nitrogens with zero attached hydrogens (tertiary/aromatic N) is 2. The molecule has 0 N–H and O–H groups in total. The van der Waals surface area contributed by atoms with Gasteiger partial charge in [0.1, 0.15) is 0 Å². The molecule has 4 heteroatoms. The van der Waals surface area contributed by atoms with E-state index in [9.17, 15) is 0 Å². The Balaban J connectivity index is 2.37. The van der Waals surface area contributed by atoms with Crippen LogP contribution in [0.25, 0.3) is 21.8 Å². The lowest BCUT2D eigenvalue weighted by atomic mass is 10.1. The molecule has 3 aromatic rings. The average molecular weight is 352 g/mol. The van der Waals surface area contributed by atoms with Crippen LogP contribution in [0.4, 0.5) is 0 Å². The number of halogens is 2. The summed E-state index contributed by atoms with van der Waals surface area (Å²) in [6.07, 6.45) is 0. The van der Waals surface area contributed by atoms with Crippen molar-refractivity contribution in [2.75, 3.05) is 0 Å². The summed E-state index contributed by atoms with van der Waals surface area (Å²) in [6, 6.07) is 14.3. The van der Waals surface area contributed by atoms with Crippen molar-refractivity contribution in [3.8, 4) is 0 Å². The van der Waals surface area contributed by atoms with Crippen LogP contribution in [-0.4, -0.2) is 10.2 Å². The second kappa shape index (κ2) is 4.35. The summed E-state index contributed by atoms with van der Waals surface area (Å²) >= 11 is 6.97. The Labute approximate surface area is 115 Å². The molecule has 2 aromatic carbocycles. The smallest absolute Gasteiger partial charge is 0.0947 e. The highest BCUT2D eigenvalue weighted by Crippen LogP contribution is 2.31. The molecule has 0 unspecified atom stereocenters. The van der Waals surface area contributed by atoms with Gasteiger partial charge in [0.05, 0.1) is 14.8 Å². The van der Waals surface area contributed by atoms with Gasteiger partial charge in [-0.3, -0.25) is 0 Å². The quantitative estimate of drug-likeness (QED) is 0.474. The van der Waals surface area contributed by atoms with Crippen LogP contribution in [0.1, 0.15) is 9.30 Å². The molecular formula is C13H8Br2N2. The van der Waals surface area contributed by atoms with Gasteiger partial charge in [0.25, 0.3) is 0 Å². The highest BCUT2D eigenvalue weighted by atomic mass is 79.9. The number of fused-ring (bicyclic) bond motifs is 3. The second-order valence-corrected chi connectivity index (χ2v) is 6.85. The van der Waals surface area contributed by atoms with Crippen LogP contribution >= 0.6 is 31.9 Å². The predicted octanol–water partition coefficient (Wildman–Crippen LogP) is 4.57. The molecule has 0 spiro atoms. The maximum atomic E-state index is 4.26. The third-order valence-corrected chi connectivity index (χ3v) is 3.79. The third-order valence-electron chi connectivity index (χ3n) is 2.73. The fourth-order valence-corrected chi connectivity index (χ4v) is 2.46. The van der Waals surface area contributed by atoms with Crippen LogP contribution in [0, 0.1) is 0 Å². The fourth-order valence-electron chi connectivity index (χ4n) is 1.89. The normalized spacial score (nSPS) is 11.5. The van der Waals surface area contributed by atoms with Crippen molar-refractivity contribution >= 4 is 53.7 Å². The van der Waals surface area contributed by atoms with Gasteiger partial charge in [0.15, 0.2) is 0 Å². The van der Waals surface area contributed by atoms with Crippen LogP contribution in [-0.2, 0) is 0 Å². The van der Waals surface area contributed by atoms with E-state index in [0.717, 1.165) is 27.4 Å². The zero-order valence-electron chi connectivity index (χ0n) is 8.77. The first kappa shape index (κ1) is 11.1. The number of benzene rings is 2. The predicted molar refractivity (Wildman–Crippen MR) is 77.6 cm³/mol. The Hall–Kier alpha value is -1.00. The molecule has 0 saturated heterocycles. The molecule has 0 fully saturated rings. The summed E-state index contributed by atoms with van der Waals surface area (Å²) in [6.45, 7) is 0. The number of rotatable bonds is 1. The zero-order valence-corrected chi connectivity index (χ0v) is 11.9. The maximum absolute atomic E-state index is 4.26. The van der Waals surface area contributed by atoms with Crippen LogP contribution in [0.3, 0.4) is 0 Å². The van der Waals surface area contributed by atoms with Crippen molar-refractivity contribution in [2.24, 2.45) is 0 Å². The van der Waals surface area contributed by atoms with Gasteiger partial charge in [-0.1, -0.05) is 62.2 Å². The largest absolute Gasteiger partial charge is 0.150 e. The number of hydrogen-bond acceptors (Lipinski definition) is 2. The maximum Gasteiger partial charge on any atom is 0.0947 e. The Bertz CT molecular complexity index is 695. The lowest BCUT2D eigenvalue weighted by molar-refractivity contribution is 1.12. The molecule has 84 valence electrons. The molecule has 1 heterocycles. The van der Waals surface area contributed by atoms with Gasteiger partial charge in [-0.25, -0.2) is 0 Å². The number of aromatic nitrogens is 2. The highest BCUT2D eigenvalue weighted by molar-refractivity contribution is 9.24. The van der Waals surface area contributed by atoms with E-state index in [4.69, 9.17) is 0 Å². The summed E-state index contributed by atoms with van der Waals surface area (Å²) in [5, 5.41) is 10.8. The Morgan fingerprint density at radius 2 is 1.53 bits per heavy atom. The number of alkyl halides is 2. The van der Waals surface area contributed by atoms with Crippen LogP contribution < -0.4 is 0 Å². The van der Waals surface area contributed by atoms with Gasteiger partial charge in [0, 0.05) is 10.8 Å². The molecule has 2 nitrogen and oxygen atoms in total. The van der Waals surface area contributed by atoms with E-state index >= 15 is 0 Å². The van der Waals surface area contributed by atoms with Gasteiger partial charge in [-0.15, -0.1) is 10.2 Å². The molecule has 0 saturated carbocycles. The van der Waals surface area contributed by atoms with Gasteiger partial charge in [-0.2, -0.15) is 0 Å². The molecule has 17 heavy (non-hydrogen) atoms. The highest BCUT2D eigenvalue weighted by Gasteiger charge is 2.06. The van der Waals surface area contributed by atoms with Crippen molar-refractivity contribution in [1.82, 2.24) is 10.2 Å². The summed E-state index contributed by atoms with van der Waals surface area (Å²) in [5.41, 5.74) is 2.99. The van der Waals surface area contributed by atoms with Crippen molar-refractivity contribution in [3.05, 3.63) is 48.0 Å². The first-order valence-corrected chi connectivity index (χ1v) is 7.02. The lowest BCUT2D eigenvalue weighted by Crippen LogP contribution is -1.89. The molecule has 0 aliphatic rings. The second-order valence-electron chi connectivity index (χ2n) is 3.79. The standard InChI is InChI=1S/C13H8Br2N2/c14-13(15)8-5-6-10-9-3-1-2-4-11(9)16-17-12(10)7-8/h1-7,13H. The molecular weight excluding hydrogens is 344 g/mol. The van der Waals surface area contributed by atoms with Crippen molar-refractivity contribution in [3.63, 3.8) is 0 Å². The average Bonchev–Trinajstić information content (AvgIpc) is 2.38. The molecule has 1 aromatic heterocycles. The van der Waals surface area contributed by atoms with Crippen molar-refractivity contribution < 1.29 is 0 Å². The first-order chi connectivity index (χ1) is 8.25. The van der Waals surface area contributed by atoms with Gasteiger partial charge >= 0.3 is 0 Å². The Morgan fingerprint density at radius 3 is 2.35 bits per heavy atom. The van der Waals surface area contributed by atoms with E-state index in [1.807, 2.05) is 24.3 Å². The van der Waals surface area contributed by atoms with E-state index in [0.29, 0.717) is 0 Å². The van der Waals surface area contributed by atoms with E-state index in [2.05, 4.69) is 60.3 Å². The van der Waals surface area contributed by atoms with E-state index < -0.39 is 0 Å². The SMILES string of the molecule is BrC(Br)c1ccc2c(c1)nnc1ccccc12. The molecule has 0 atom stereocenters. The van der Waals surface area contributed by atoms with Gasteiger partial charge in [-0.05, 0) is 17.7 Å². The Morgan fingerprint density at radius 1 is 0.824 bits per heavy atom. The number of hydrogen-bond donors (Lipinski definition) is 0. The molecule has 0 amide bonds. The minimum Gasteiger partial charge on any atom is -0.150 e. The van der Waals surface area contributed by atoms with Crippen molar-refractivity contribution in [1.29, 1.82) is 0 Å². The zero-order chi connectivity index (χ0) is 11.8. The van der Waals surface area contributed by atoms with Crippen LogP contribution in [0.15, 0.2) is 42.5 Å². The minimum atomic E-state index is 0.146. The summed E-state index contributed by atoms with van der Waals surface area (Å²) in [5.74, 6) is 0. The van der Waals surface area contributed by atoms with Gasteiger partial charge in [0.2, 0.25) is 0 Å². The van der Waals surface area contributed by atoms with E-state index in [1.165, 1.54) is 0 Å². The molecule has 0 bridgehead atoms. The minimum absolute atomic E-state index is 0.146. The van der Waals surface area contributed by atoms with Crippen LogP contribution in [0.2, 0.25) is 0 Å². The first-order valence-electron chi connectivity index (χ1n) is 5.19. The topological polar surface area (TPSA) is 25.8 Å². The van der Waals surface area contributed by atoms with Crippen LogP contribution in [0.5, 0.6) is 0 Å². The van der Waals surface area contributed by atoms with Gasteiger partial charge < -0.3 is 0 Å². The molecule has 0 radical (unpaired) electrons. The fraction of sp³-hybridized carbons (Fsp3) is 0.0769. The molecule has 0 aliphatic carbocycles. The summed E-state index contributed by atoms with van der Waals surface area (Å²) in [7, 11) is 0. The monoisotopic (exact) mass is 350 g/mol. The molecule has 0 aliphatic heterocycles. The summed E-state index contributed by atoms with van der Waals surface area (Å²) < 4.78 is 0.146. The molecule has 3 rings (SSSR count). The third kappa shape index (κ3) is 1.96.